The minimum Gasteiger partial charge on any atom is -0.352 e. The van der Waals surface area contributed by atoms with E-state index in [0.29, 0.717) is 19.5 Å². The normalized spacial score (nSPS) is 16.7. The SMILES string of the molecule is CCC(CC)C(=O)N1CCC(NC(=O)[C@@H](N)Cc2ccccc2)CC1. The largest absolute Gasteiger partial charge is 0.352 e. The van der Waals surface area contributed by atoms with E-state index in [1.807, 2.05) is 35.2 Å². The van der Waals surface area contributed by atoms with Crippen LogP contribution in [-0.2, 0) is 16.0 Å². The number of hydrogen-bond acceptors (Lipinski definition) is 3. The van der Waals surface area contributed by atoms with Crippen LogP contribution in [0.5, 0.6) is 0 Å². The van der Waals surface area contributed by atoms with Gasteiger partial charge >= 0.3 is 0 Å². The summed E-state index contributed by atoms with van der Waals surface area (Å²) in [6.07, 6.45) is 3.92. The van der Waals surface area contributed by atoms with E-state index in [1.54, 1.807) is 0 Å². The predicted molar refractivity (Wildman–Crippen MR) is 99.9 cm³/mol. The summed E-state index contributed by atoms with van der Waals surface area (Å²) in [5.41, 5.74) is 7.11. The molecule has 0 bridgehead atoms. The van der Waals surface area contributed by atoms with Crippen molar-refractivity contribution in [2.45, 2.75) is 58.0 Å². The van der Waals surface area contributed by atoms with Crippen LogP contribution < -0.4 is 11.1 Å². The van der Waals surface area contributed by atoms with E-state index in [-0.39, 0.29) is 23.8 Å². The van der Waals surface area contributed by atoms with Gasteiger partial charge in [-0.25, -0.2) is 0 Å². The van der Waals surface area contributed by atoms with Crippen LogP contribution in [0, 0.1) is 5.92 Å². The molecule has 2 amide bonds. The number of likely N-dealkylation sites (tertiary alicyclic amines) is 1. The lowest BCUT2D eigenvalue weighted by molar-refractivity contribution is -0.137. The fourth-order valence-electron chi connectivity index (χ4n) is 3.41. The number of nitrogens with zero attached hydrogens (tertiary/aromatic N) is 1. The van der Waals surface area contributed by atoms with Crippen molar-refractivity contribution in [3.05, 3.63) is 35.9 Å². The highest BCUT2D eigenvalue weighted by atomic mass is 16.2. The summed E-state index contributed by atoms with van der Waals surface area (Å²) in [5, 5.41) is 3.05. The quantitative estimate of drug-likeness (QED) is 0.795. The lowest BCUT2D eigenvalue weighted by Crippen LogP contribution is -2.51. The summed E-state index contributed by atoms with van der Waals surface area (Å²) < 4.78 is 0. The van der Waals surface area contributed by atoms with Gasteiger partial charge in [-0.3, -0.25) is 9.59 Å². The topological polar surface area (TPSA) is 75.4 Å². The fraction of sp³-hybridized carbons (Fsp3) is 0.600. The van der Waals surface area contributed by atoms with Crippen molar-refractivity contribution in [1.82, 2.24) is 10.2 Å². The Hall–Kier alpha value is -1.88. The molecule has 1 aromatic carbocycles. The van der Waals surface area contributed by atoms with Crippen molar-refractivity contribution in [1.29, 1.82) is 0 Å². The summed E-state index contributed by atoms with van der Waals surface area (Å²) in [4.78, 5) is 26.7. The van der Waals surface area contributed by atoms with Crippen LogP contribution in [0.15, 0.2) is 30.3 Å². The predicted octanol–water partition coefficient (Wildman–Crippen LogP) is 2.10. The highest BCUT2D eigenvalue weighted by molar-refractivity contribution is 5.82. The van der Waals surface area contributed by atoms with Gasteiger partial charge in [0.2, 0.25) is 11.8 Å². The number of benzene rings is 1. The van der Waals surface area contributed by atoms with Crippen molar-refractivity contribution >= 4 is 11.8 Å². The smallest absolute Gasteiger partial charge is 0.237 e. The second kappa shape index (κ2) is 9.56. The summed E-state index contributed by atoms with van der Waals surface area (Å²) in [5.74, 6) is 0.287. The average Bonchev–Trinajstić information content (AvgIpc) is 2.64. The van der Waals surface area contributed by atoms with Crippen molar-refractivity contribution < 1.29 is 9.59 Å². The van der Waals surface area contributed by atoms with Crippen LogP contribution in [0.2, 0.25) is 0 Å². The second-order valence-electron chi connectivity index (χ2n) is 6.92. The molecule has 0 aliphatic carbocycles. The Labute approximate surface area is 151 Å². The van der Waals surface area contributed by atoms with E-state index >= 15 is 0 Å². The molecular weight excluding hydrogens is 314 g/mol. The number of amides is 2. The molecule has 1 aliphatic rings. The van der Waals surface area contributed by atoms with Crippen LogP contribution in [0.1, 0.15) is 45.1 Å². The number of carbonyl (C=O) groups is 2. The summed E-state index contributed by atoms with van der Waals surface area (Å²) in [6.45, 7) is 5.56. The number of nitrogens with one attached hydrogen (secondary N) is 1. The van der Waals surface area contributed by atoms with Gasteiger partial charge in [-0.05, 0) is 37.7 Å². The van der Waals surface area contributed by atoms with E-state index in [2.05, 4.69) is 19.2 Å². The third-order valence-corrected chi connectivity index (χ3v) is 5.12. The van der Waals surface area contributed by atoms with Crippen LogP contribution in [0.4, 0.5) is 0 Å². The van der Waals surface area contributed by atoms with Crippen LogP contribution >= 0.6 is 0 Å². The molecule has 1 atom stereocenters. The molecule has 2 rings (SSSR count). The number of hydrogen-bond donors (Lipinski definition) is 2. The first-order valence-electron chi connectivity index (χ1n) is 9.43. The van der Waals surface area contributed by atoms with Crippen molar-refractivity contribution in [2.24, 2.45) is 11.7 Å². The summed E-state index contributed by atoms with van der Waals surface area (Å²) in [7, 11) is 0. The van der Waals surface area contributed by atoms with Gasteiger partial charge in [0.1, 0.15) is 0 Å². The summed E-state index contributed by atoms with van der Waals surface area (Å²) in [6, 6.07) is 9.39. The lowest BCUT2D eigenvalue weighted by atomic mass is 9.98. The molecular formula is C20H31N3O2. The Morgan fingerprint density at radius 2 is 1.76 bits per heavy atom. The molecule has 0 radical (unpaired) electrons. The monoisotopic (exact) mass is 345 g/mol. The maximum atomic E-state index is 12.4. The minimum atomic E-state index is -0.536. The first-order chi connectivity index (χ1) is 12.0. The highest BCUT2D eigenvalue weighted by Crippen LogP contribution is 2.17. The number of nitrogens with two attached hydrogens (primary N) is 1. The molecule has 25 heavy (non-hydrogen) atoms. The van der Waals surface area contributed by atoms with E-state index in [9.17, 15) is 9.59 Å². The molecule has 5 nitrogen and oxygen atoms in total. The molecule has 3 N–H and O–H groups in total. The molecule has 138 valence electrons. The van der Waals surface area contributed by atoms with Gasteiger partial charge in [0.25, 0.3) is 0 Å². The van der Waals surface area contributed by atoms with E-state index in [4.69, 9.17) is 5.73 Å². The Morgan fingerprint density at radius 1 is 1.16 bits per heavy atom. The maximum absolute atomic E-state index is 12.4. The molecule has 1 heterocycles. The number of rotatable bonds is 7. The van der Waals surface area contributed by atoms with Crippen molar-refractivity contribution in [2.75, 3.05) is 13.1 Å². The molecule has 0 saturated carbocycles. The zero-order valence-electron chi connectivity index (χ0n) is 15.4. The molecule has 1 saturated heterocycles. The van der Waals surface area contributed by atoms with Gasteiger partial charge in [-0.2, -0.15) is 0 Å². The second-order valence-corrected chi connectivity index (χ2v) is 6.92. The molecule has 1 fully saturated rings. The summed E-state index contributed by atoms with van der Waals surface area (Å²) >= 11 is 0. The molecule has 1 aromatic rings. The van der Waals surface area contributed by atoms with Crippen LogP contribution in [-0.4, -0.2) is 41.9 Å². The first kappa shape index (κ1) is 19.4. The maximum Gasteiger partial charge on any atom is 0.237 e. The van der Waals surface area contributed by atoms with Gasteiger partial charge in [0.15, 0.2) is 0 Å². The van der Waals surface area contributed by atoms with E-state index in [1.165, 1.54) is 0 Å². The van der Waals surface area contributed by atoms with Crippen LogP contribution in [0.25, 0.3) is 0 Å². The Balaban J connectivity index is 1.77. The van der Waals surface area contributed by atoms with Gasteiger partial charge < -0.3 is 16.0 Å². The molecule has 5 heteroatoms. The number of carbonyl (C=O) groups excluding carboxylic acids is 2. The van der Waals surface area contributed by atoms with Gasteiger partial charge in [-0.1, -0.05) is 44.2 Å². The Morgan fingerprint density at radius 3 is 2.32 bits per heavy atom. The van der Waals surface area contributed by atoms with Gasteiger partial charge in [-0.15, -0.1) is 0 Å². The zero-order chi connectivity index (χ0) is 18.2. The highest BCUT2D eigenvalue weighted by Gasteiger charge is 2.28. The van der Waals surface area contributed by atoms with Gasteiger partial charge in [0, 0.05) is 25.0 Å². The molecule has 1 aliphatic heterocycles. The molecule has 0 unspecified atom stereocenters. The average molecular weight is 345 g/mol. The number of piperidine rings is 1. The minimum absolute atomic E-state index is 0.103. The molecule has 0 aromatic heterocycles. The van der Waals surface area contributed by atoms with Crippen molar-refractivity contribution in [3.63, 3.8) is 0 Å². The standard InChI is InChI=1S/C20H31N3O2/c1-3-16(4-2)20(25)23-12-10-17(11-13-23)22-19(24)18(21)14-15-8-6-5-7-9-15/h5-9,16-18H,3-4,10-14,21H2,1-2H3,(H,22,24)/t18-/m0/s1. The van der Waals surface area contributed by atoms with Crippen LogP contribution in [0.3, 0.4) is 0 Å². The first-order valence-corrected chi connectivity index (χ1v) is 9.43. The third kappa shape index (κ3) is 5.56. The van der Waals surface area contributed by atoms with E-state index < -0.39 is 6.04 Å². The molecule has 0 spiro atoms. The van der Waals surface area contributed by atoms with Crippen molar-refractivity contribution in [3.8, 4) is 0 Å². The van der Waals surface area contributed by atoms with E-state index in [0.717, 1.165) is 31.2 Å². The third-order valence-electron chi connectivity index (χ3n) is 5.12. The lowest BCUT2D eigenvalue weighted by Gasteiger charge is -2.34. The fourth-order valence-corrected chi connectivity index (χ4v) is 3.41. The zero-order valence-corrected chi connectivity index (χ0v) is 15.4. The Kier molecular flexibility index (Phi) is 7.44. The Bertz CT molecular complexity index is 549. The van der Waals surface area contributed by atoms with Gasteiger partial charge in [0.05, 0.1) is 6.04 Å².